The van der Waals surface area contributed by atoms with E-state index in [0.717, 1.165) is 0 Å². The second kappa shape index (κ2) is 5.19. The van der Waals surface area contributed by atoms with Gasteiger partial charge in [-0.2, -0.15) is 13.2 Å². The Bertz CT molecular complexity index is 786. The number of rotatable bonds is 1. The van der Waals surface area contributed by atoms with Crippen molar-refractivity contribution in [3.05, 3.63) is 38.7 Å². The van der Waals surface area contributed by atoms with E-state index in [4.69, 9.17) is 20.8 Å². The first kappa shape index (κ1) is 16.7. The molecule has 1 aromatic heterocycles. The van der Waals surface area contributed by atoms with Gasteiger partial charge in [0, 0.05) is 5.39 Å². The molecular weight excluding hydrogens is 321 g/mol. The van der Waals surface area contributed by atoms with Crippen LogP contribution in [0.1, 0.15) is 31.9 Å². The zero-order chi connectivity index (χ0) is 16.9. The zero-order valence-corrected chi connectivity index (χ0v) is 13.1. The highest BCUT2D eigenvalue weighted by Gasteiger charge is 2.38. The molecule has 0 unspecified atom stereocenters. The van der Waals surface area contributed by atoms with Gasteiger partial charge in [-0.3, -0.25) is 0 Å². The molecule has 2 rings (SSSR count). The Kier molecular flexibility index (Phi) is 3.94. The highest BCUT2D eigenvalue weighted by Crippen LogP contribution is 2.38. The van der Waals surface area contributed by atoms with Crippen LogP contribution in [-0.2, 0) is 6.18 Å². The Hall–Kier alpha value is -1.69. The van der Waals surface area contributed by atoms with Crippen LogP contribution in [-0.4, -0.2) is 5.60 Å². The third kappa shape index (κ3) is 3.06. The number of hydrogen-bond donors (Lipinski definition) is 0. The van der Waals surface area contributed by atoms with E-state index in [-0.39, 0.29) is 27.3 Å². The standard InChI is InChI=1S/C15H14ClF3O3/c1-7-8-5-6-9(22-14(2,3)4)11(16)12(8)21-13(20)10(7)15(17,18)19/h5-6H,1-4H3. The predicted octanol–water partition coefficient (Wildman–Crippen LogP) is 4.95. The molecule has 0 spiro atoms. The number of benzene rings is 1. The van der Waals surface area contributed by atoms with Crippen molar-refractivity contribution in [1.82, 2.24) is 0 Å². The van der Waals surface area contributed by atoms with E-state index < -0.39 is 23.0 Å². The minimum Gasteiger partial charge on any atom is -0.486 e. The van der Waals surface area contributed by atoms with Gasteiger partial charge in [-0.25, -0.2) is 4.79 Å². The van der Waals surface area contributed by atoms with Gasteiger partial charge >= 0.3 is 11.8 Å². The monoisotopic (exact) mass is 334 g/mol. The summed E-state index contributed by atoms with van der Waals surface area (Å²) < 4.78 is 49.2. The molecule has 0 aliphatic rings. The van der Waals surface area contributed by atoms with E-state index in [1.807, 2.05) is 0 Å². The number of hydrogen-bond acceptors (Lipinski definition) is 3. The van der Waals surface area contributed by atoms with Gasteiger partial charge in [-0.05, 0) is 45.4 Å². The Morgan fingerprint density at radius 3 is 2.27 bits per heavy atom. The molecule has 1 aromatic carbocycles. The first-order chi connectivity index (χ1) is 9.92. The van der Waals surface area contributed by atoms with Gasteiger partial charge in [0.1, 0.15) is 21.9 Å². The zero-order valence-electron chi connectivity index (χ0n) is 12.4. The topological polar surface area (TPSA) is 39.4 Å². The molecule has 1 heterocycles. The Morgan fingerprint density at radius 1 is 1.18 bits per heavy atom. The summed E-state index contributed by atoms with van der Waals surface area (Å²) in [6.07, 6.45) is -4.79. The van der Waals surface area contributed by atoms with E-state index >= 15 is 0 Å². The molecule has 120 valence electrons. The van der Waals surface area contributed by atoms with Crippen molar-refractivity contribution < 1.29 is 22.3 Å². The van der Waals surface area contributed by atoms with Crippen LogP contribution in [0.25, 0.3) is 11.0 Å². The lowest BCUT2D eigenvalue weighted by Gasteiger charge is -2.22. The predicted molar refractivity (Wildman–Crippen MR) is 77.6 cm³/mol. The molecule has 22 heavy (non-hydrogen) atoms. The smallest absolute Gasteiger partial charge is 0.423 e. The van der Waals surface area contributed by atoms with Gasteiger partial charge in [0.15, 0.2) is 5.58 Å². The van der Waals surface area contributed by atoms with Crippen LogP contribution in [0.2, 0.25) is 5.02 Å². The number of alkyl halides is 3. The van der Waals surface area contributed by atoms with Gasteiger partial charge in [0.25, 0.3) is 0 Å². The van der Waals surface area contributed by atoms with E-state index in [2.05, 4.69) is 0 Å². The summed E-state index contributed by atoms with van der Waals surface area (Å²) in [5, 5.41) is 0.0968. The van der Waals surface area contributed by atoms with Crippen molar-refractivity contribution >= 4 is 22.6 Å². The molecule has 0 aliphatic carbocycles. The van der Waals surface area contributed by atoms with Gasteiger partial charge in [-0.15, -0.1) is 0 Å². The lowest BCUT2D eigenvalue weighted by molar-refractivity contribution is -0.140. The van der Waals surface area contributed by atoms with E-state index in [0.29, 0.717) is 0 Å². The third-order valence-electron chi connectivity index (χ3n) is 2.94. The van der Waals surface area contributed by atoms with Crippen molar-refractivity contribution in [1.29, 1.82) is 0 Å². The molecule has 0 aliphatic heterocycles. The van der Waals surface area contributed by atoms with Crippen LogP contribution < -0.4 is 10.4 Å². The normalized spacial score (nSPS) is 12.7. The van der Waals surface area contributed by atoms with E-state index in [9.17, 15) is 18.0 Å². The van der Waals surface area contributed by atoms with Crippen molar-refractivity contribution in [2.75, 3.05) is 0 Å². The number of halogens is 4. The van der Waals surface area contributed by atoms with E-state index in [1.54, 1.807) is 20.8 Å². The molecule has 0 saturated carbocycles. The Morgan fingerprint density at radius 2 is 1.77 bits per heavy atom. The van der Waals surface area contributed by atoms with Crippen molar-refractivity contribution in [3.63, 3.8) is 0 Å². The maximum absolute atomic E-state index is 12.9. The van der Waals surface area contributed by atoms with Crippen LogP contribution in [0.4, 0.5) is 13.2 Å². The van der Waals surface area contributed by atoms with Crippen molar-refractivity contribution in [2.45, 2.75) is 39.5 Å². The highest BCUT2D eigenvalue weighted by molar-refractivity contribution is 6.36. The van der Waals surface area contributed by atoms with Gasteiger partial charge < -0.3 is 9.15 Å². The Labute approximate surface area is 129 Å². The van der Waals surface area contributed by atoms with Crippen molar-refractivity contribution in [3.8, 4) is 5.75 Å². The summed E-state index contributed by atoms with van der Waals surface area (Å²) in [7, 11) is 0. The molecule has 0 N–H and O–H groups in total. The molecule has 0 bridgehead atoms. The number of fused-ring (bicyclic) bond motifs is 1. The average Bonchev–Trinajstić information content (AvgIpc) is 2.30. The van der Waals surface area contributed by atoms with Crippen LogP contribution >= 0.6 is 11.6 Å². The minimum atomic E-state index is -4.79. The second-order valence-electron chi connectivity index (χ2n) is 5.86. The van der Waals surface area contributed by atoms with Crippen molar-refractivity contribution in [2.24, 2.45) is 0 Å². The molecule has 0 amide bonds. The van der Waals surface area contributed by atoms with Crippen LogP contribution in [0.15, 0.2) is 21.3 Å². The summed E-state index contributed by atoms with van der Waals surface area (Å²) in [6, 6.07) is 2.86. The molecule has 3 nitrogen and oxygen atoms in total. The first-order valence-corrected chi connectivity index (χ1v) is 6.82. The molecular formula is C15H14ClF3O3. The van der Waals surface area contributed by atoms with Crippen LogP contribution in [0.3, 0.4) is 0 Å². The number of ether oxygens (including phenoxy) is 1. The summed E-state index contributed by atoms with van der Waals surface area (Å²) >= 11 is 6.12. The summed E-state index contributed by atoms with van der Waals surface area (Å²) in [5.41, 5.74) is -3.67. The fourth-order valence-electron chi connectivity index (χ4n) is 2.10. The van der Waals surface area contributed by atoms with Gasteiger partial charge in [0.05, 0.1) is 0 Å². The van der Waals surface area contributed by atoms with Gasteiger partial charge in [-0.1, -0.05) is 11.6 Å². The lowest BCUT2D eigenvalue weighted by atomic mass is 10.1. The highest BCUT2D eigenvalue weighted by atomic mass is 35.5. The fraction of sp³-hybridized carbons (Fsp3) is 0.400. The average molecular weight is 335 g/mol. The fourth-order valence-corrected chi connectivity index (χ4v) is 2.34. The third-order valence-corrected chi connectivity index (χ3v) is 3.30. The molecule has 0 saturated heterocycles. The first-order valence-electron chi connectivity index (χ1n) is 6.44. The van der Waals surface area contributed by atoms with Crippen LogP contribution in [0.5, 0.6) is 5.75 Å². The lowest BCUT2D eigenvalue weighted by Crippen LogP contribution is -2.23. The SMILES string of the molecule is Cc1c(C(F)(F)F)c(=O)oc2c(Cl)c(OC(C)(C)C)ccc12. The van der Waals surface area contributed by atoms with E-state index in [1.165, 1.54) is 19.1 Å². The van der Waals surface area contributed by atoms with Gasteiger partial charge in [0.2, 0.25) is 0 Å². The molecule has 0 fully saturated rings. The second-order valence-corrected chi connectivity index (χ2v) is 6.23. The largest absolute Gasteiger partial charge is 0.486 e. The summed E-state index contributed by atoms with van der Waals surface area (Å²) in [6.45, 7) is 6.59. The molecule has 0 atom stereocenters. The quantitative estimate of drug-likeness (QED) is 0.693. The summed E-state index contributed by atoms with van der Waals surface area (Å²) in [5.74, 6) is 0.240. The van der Waals surface area contributed by atoms with Crippen LogP contribution in [0, 0.1) is 6.92 Å². The molecule has 2 aromatic rings. The minimum absolute atomic E-state index is 0.0265. The maximum Gasteiger partial charge on any atom is 0.423 e. The molecule has 7 heteroatoms. The maximum atomic E-state index is 12.9. The number of aryl methyl sites for hydroxylation is 1. The summed E-state index contributed by atoms with van der Waals surface area (Å²) in [4.78, 5) is 11.7. The molecule has 0 radical (unpaired) electrons. The Balaban J connectivity index is 2.76.